The summed E-state index contributed by atoms with van der Waals surface area (Å²) in [7, 11) is -3.79. The standard InChI is InChI=1S/C18H14BrN3O4S2/c19-13-7-8-16(23)12(10-13)11-20-21-18(24)14-4-1-2-5-15(14)22-28(25,26)17-6-3-9-27-17/h1-11,22-23H,(H,21,24). The number of carbonyl (C=O) groups excluding carboxylic acids is 1. The van der Waals surface area contributed by atoms with E-state index in [-0.39, 0.29) is 21.2 Å². The average molecular weight is 480 g/mol. The third kappa shape index (κ3) is 4.77. The van der Waals surface area contributed by atoms with Gasteiger partial charge in [0, 0.05) is 10.0 Å². The molecule has 0 aliphatic rings. The van der Waals surface area contributed by atoms with Crippen LogP contribution in [0.3, 0.4) is 0 Å². The maximum absolute atomic E-state index is 12.5. The van der Waals surface area contributed by atoms with Gasteiger partial charge in [0.15, 0.2) is 0 Å². The molecular formula is C18H14BrN3O4S2. The molecule has 0 spiro atoms. The van der Waals surface area contributed by atoms with E-state index in [0.29, 0.717) is 5.56 Å². The van der Waals surface area contributed by atoms with Crippen LogP contribution in [0.1, 0.15) is 15.9 Å². The Bertz CT molecular complexity index is 1130. The number of phenolic OH excluding ortho intramolecular Hbond substituents is 1. The van der Waals surface area contributed by atoms with Gasteiger partial charge in [-0.25, -0.2) is 13.8 Å². The van der Waals surface area contributed by atoms with Crippen molar-refractivity contribution < 1.29 is 18.3 Å². The third-order valence-electron chi connectivity index (χ3n) is 3.54. The molecule has 1 amide bonds. The number of hydrogen-bond acceptors (Lipinski definition) is 6. The van der Waals surface area contributed by atoms with Gasteiger partial charge in [0.05, 0.1) is 17.5 Å². The Labute approximate surface area is 173 Å². The maximum Gasteiger partial charge on any atom is 0.273 e. The van der Waals surface area contributed by atoms with Gasteiger partial charge < -0.3 is 5.11 Å². The molecule has 0 aliphatic carbocycles. The van der Waals surface area contributed by atoms with Crippen molar-refractivity contribution in [1.29, 1.82) is 0 Å². The van der Waals surface area contributed by atoms with E-state index in [1.165, 1.54) is 30.5 Å². The van der Waals surface area contributed by atoms with Crippen molar-refractivity contribution in [1.82, 2.24) is 5.43 Å². The number of nitrogens with zero attached hydrogens (tertiary/aromatic N) is 1. The highest BCUT2D eigenvalue weighted by molar-refractivity contribution is 9.10. The summed E-state index contributed by atoms with van der Waals surface area (Å²) in [6, 6.07) is 14.1. The smallest absolute Gasteiger partial charge is 0.273 e. The summed E-state index contributed by atoms with van der Waals surface area (Å²) in [6.45, 7) is 0. The second-order valence-corrected chi connectivity index (χ2v) is 9.26. The van der Waals surface area contributed by atoms with Crippen molar-refractivity contribution in [2.75, 3.05) is 4.72 Å². The molecule has 0 saturated heterocycles. The van der Waals surface area contributed by atoms with E-state index >= 15 is 0 Å². The molecule has 0 unspecified atom stereocenters. The van der Waals surface area contributed by atoms with Crippen LogP contribution >= 0.6 is 27.3 Å². The molecule has 3 rings (SSSR count). The van der Waals surface area contributed by atoms with Crippen LogP contribution in [0.25, 0.3) is 0 Å². The van der Waals surface area contributed by atoms with Crippen LogP contribution in [-0.4, -0.2) is 25.6 Å². The van der Waals surface area contributed by atoms with Gasteiger partial charge in [-0.2, -0.15) is 5.10 Å². The van der Waals surface area contributed by atoms with Gasteiger partial charge in [0.25, 0.3) is 15.9 Å². The van der Waals surface area contributed by atoms with Gasteiger partial charge in [0.1, 0.15) is 9.96 Å². The minimum Gasteiger partial charge on any atom is -0.507 e. The van der Waals surface area contributed by atoms with Crippen LogP contribution in [0.4, 0.5) is 5.69 Å². The van der Waals surface area contributed by atoms with Crippen LogP contribution in [0.5, 0.6) is 5.75 Å². The van der Waals surface area contributed by atoms with E-state index < -0.39 is 15.9 Å². The quantitative estimate of drug-likeness (QED) is 0.369. The molecule has 28 heavy (non-hydrogen) atoms. The van der Waals surface area contributed by atoms with Gasteiger partial charge in [0.2, 0.25) is 0 Å². The van der Waals surface area contributed by atoms with Crippen molar-refractivity contribution in [3.8, 4) is 5.75 Å². The number of thiophene rings is 1. The summed E-state index contributed by atoms with van der Waals surface area (Å²) in [4.78, 5) is 12.5. The first-order chi connectivity index (χ1) is 13.4. The molecule has 0 atom stereocenters. The highest BCUT2D eigenvalue weighted by atomic mass is 79.9. The van der Waals surface area contributed by atoms with Crippen LogP contribution < -0.4 is 10.1 Å². The zero-order valence-electron chi connectivity index (χ0n) is 14.2. The molecule has 0 radical (unpaired) electrons. The van der Waals surface area contributed by atoms with E-state index in [1.807, 2.05) is 0 Å². The third-order valence-corrected chi connectivity index (χ3v) is 6.79. The number of carbonyl (C=O) groups is 1. The summed E-state index contributed by atoms with van der Waals surface area (Å²) in [6.07, 6.45) is 1.29. The molecular weight excluding hydrogens is 466 g/mol. The number of halogens is 1. The van der Waals surface area contributed by atoms with Crippen molar-refractivity contribution in [3.63, 3.8) is 0 Å². The Morgan fingerprint density at radius 1 is 1.14 bits per heavy atom. The van der Waals surface area contributed by atoms with E-state index in [4.69, 9.17) is 0 Å². The Hall–Kier alpha value is -2.69. The molecule has 0 saturated carbocycles. The fourth-order valence-corrected chi connectivity index (χ4v) is 4.68. The van der Waals surface area contributed by atoms with Gasteiger partial charge in [-0.15, -0.1) is 11.3 Å². The summed E-state index contributed by atoms with van der Waals surface area (Å²) < 4.78 is 28.1. The van der Waals surface area contributed by atoms with Crippen LogP contribution in [-0.2, 0) is 10.0 Å². The first-order valence-electron chi connectivity index (χ1n) is 7.84. The van der Waals surface area contributed by atoms with Crippen molar-refractivity contribution in [2.24, 2.45) is 5.10 Å². The highest BCUT2D eigenvalue weighted by Gasteiger charge is 2.19. The summed E-state index contributed by atoms with van der Waals surface area (Å²) >= 11 is 4.36. The Morgan fingerprint density at radius 2 is 1.93 bits per heavy atom. The molecule has 3 aromatic rings. The van der Waals surface area contributed by atoms with E-state index in [0.717, 1.165) is 15.8 Å². The zero-order chi connectivity index (χ0) is 20.1. The molecule has 1 heterocycles. The molecule has 10 heteroatoms. The van der Waals surface area contributed by atoms with E-state index in [1.54, 1.807) is 35.7 Å². The largest absolute Gasteiger partial charge is 0.507 e. The highest BCUT2D eigenvalue weighted by Crippen LogP contribution is 2.23. The lowest BCUT2D eigenvalue weighted by Gasteiger charge is -2.10. The number of sulfonamides is 1. The Kier molecular flexibility index (Phi) is 6.12. The predicted octanol–water partition coefficient (Wildman–Crippen LogP) is 3.78. The van der Waals surface area contributed by atoms with Crippen molar-refractivity contribution >= 4 is 55.1 Å². The predicted molar refractivity (Wildman–Crippen MR) is 112 cm³/mol. The number of phenols is 1. The number of benzene rings is 2. The molecule has 2 aromatic carbocycles. The zero-order valence-corrected chi connectivity index (χ0v) is 17.4. The number of nitrogens with one attached hydrogen (secondary N) is 2. The molecule has 0 fully saturated rings. The van der Waals surface area contributed by atoms with Crippen LogP contribution in [0.15, 0.2) is 73.8 Å². The van der Waals surface area contributed by atoms with Crippen LogP contribution in [0.2, 0.25) is 0 Å². The first kappa shape index (κ1) is 20.1. The van der Waals surface area contributed by atoms with Gasteiger partial charge >= 0.3 is 0 Å². The monoisotopic (exact) mass is 479 g/mol. The number of hydrogen-bond donors (Lipinski definition) is 3. The number of amides is 1. The van der Waals surface area contributed by atoms with Gasteiger partial charge in [-0.05, 0) is 41.8 Å². The molecule has 0 bridgehead atoms. The molecule has 0 aliphatic heterocycles. The topological polar surface area (TPSA) is 108 Å². The minimum atomic E-state index is -3.79. The number of anilines is 1. The molecule has 144 valence electrons. The molecule has 1 aromatic heterocycles. The number of rotatable bonds is 6. The number of aromatic hydroxyl groups is 1. The van der Waals surface area contributed by atoms with Crippen molar-refractivity contribution in [3.05, 3.63) is 75.6 Å². The van der Waals surface area contributed by atoms with Gasteiger partial charge in [-0.1, -0.05) is 34.1 Å². The van der Waals surface area contributed by atoms with E-state index in [9.17, 15) is 18.3 Å². The number of para-hydroxylation sites is 1. The van der Waals surface area contributed by atoms with Gasteiger partial charge in [-0.3, -0.25) is 9.52 Å². The molecule has 7 nitrogen and oxygen atoms in total. The fraction of sp³-hybridized carbons (Fsp3) is 0. The first-order valence-corrected chi connectivity index (χ1v) is 11.0. The Balaban J connectivity index is 1.78. The normalized spacial score (nSPS) is 11.5. The summed E-state index contributed by atoms with van der Waals surface area (Å²) in [5.74, 6) is -0.597. The number of hydrazone groups is 1. The maximum atomic E-state index is 12.5. The fourth-order valence-electron chi connectivity index (χ4n) is 2.23. The summed E-state index contributed by atoms with van der Waals surface area (Å²) in [5, 5.41) is 15.3. The second-order valence-electron chi connectivity index (χ2n) is 5.49. The molecule has 3 N–H and O–H groups in total. The lowest BCUT2D eigenvalue weighted by molar-refractivity contribution is 0.0956. The average Bonchev–Trinajstić information content (AvgIpc) is 3.20. The lowest BCUT2D eigenvalue weighted by Crippen LogP contribution is -2.21. The SMILES string of the molecule is O=C(NN=Cc1cc(Br)ccc1O)c1ccccc1NS(=O)(=O)c1cccs1. The minimum absolute atomic E-state index is 0.00491. The second kappa shape index (κ2) is 8.55. The Morgan fingerprint density at radius 3 is 2.68 bits per heavy atom. The van der Waals surface area contributed by atoms with E-state index in [2.05, 4.69) is 31.2 Å². The van der Waals surface area contributed by atoms with Crippen LogP contribution in [0, 0.1) is 0 Å². The summed E-state index contributed by atoms with van der Waals surface area (Å²) in [5.41, 5.74) is 2.97. The lowest BCUT2D eigenvalue weighted by atomic mass is 10.2. The van der Waals surface area contributed by atoms with Crippen molar-refractivity contribution in [2.45, 2.75) is 4.21 Å².